The molecule has 1 heterocycles. The maximum absolute atomic E-state index is 12.7. The Bertz CT molecular complexity index is 257. The smallest absolute Gasteiger partial charge is 0.230 e. The largest absolute Gasteiger partial charge is 0.338 e. The number of carbonyl (C=O) groups excluding carboxylic acids is 1. The molecule has 1 aliphatic rings. The van der Waals surface area contributed by atoms with Crippen LogP contribution in [0.25, 0.3) is 0 Å². The number of rotatable bonds is 6. The summed E-state index contributed by atoms with van der Waals surface area (Å²) in [6, 6.07) is 0. The second-order valence-corrected chi connectivity index (χ2v) is 4.95. The van der Waals surface area contributed by atoms with E-state index in [-0.39, 0.29) is 5.41 Å². The Balaban J connectivity index is 2.77. The molecule has 0 spiro atoms. The van der Waals surface area contributed by atoms with Gasteiger partial charge in [-0.25, -0.2) is 0 Å². The van der Waals surface area contributed by atoms with Crippen LogP contribution in [0.5, 0.6) is 0 Å². The summed E-state index contributed by atoms with van der Waals surface area (Å²) < 4.78 is 0. The molecule has 0 aromatic rings. The van der Waals surface area contributed by atoms with E-state index in [1.54, 1.807) is 0 Å². The fourth-order valence-corrected chi connectivity index (χ4v) is 2.64. The van der Waals surface area contributed by atoms with Crippen molar-refractivity contribution in [1.29, 1.82) is 0 Å². The lowest BCUT2D eigenvalue weighted by Gasteiger charge is -2.39. The number of nitrogens with one attached hydrogen (secondary N) is 1. The van der Waals surface area contributed by atoms with Crippen molar-refractivity contribution < 1.29 is 4.79 Å². The Labute approximate surface area is 105 Å². The predicted molar refractivity (Wildman–Crippen MR) is 71.9 cm³/mol. The molecule has 1 fully saturated rings. The fourth-order valence-electron chi connectivity index (χ4n) is 2.64. The lowest BCUT2D eigenvalue weighted by molar-refractivity contribution is -0.143. The molecule has 1 rings (SSSR count). The number of nitrogens with zero attached hydrogens (tertiary/aromatic N) is 1. The first kappa shape index (κ1) is 14.2. The van der Waals surface area contributed by atoms with Crippen molar-refractivity contribution in [3.8, 4) is 0 Å². The first-order chi connectivity index (χ1) is 8.20. The highest BCUT2D eigenvalue weighted by Crippen LogP contribution is 2.32. The van der Waals surface area contributed by atoms with Gasteiger partial charge in [-0.3, -0.25) is 4.79 Å². The summed E-state index contributed by atoms with van der Waals surface area (Å²) >= 11 is 0. The number of amides is 1. The van der Waals surface area contributed by atoms with E-state index in [2.05, 4.69) is 25.7 Å². The first-order valence-corrected chi connectivity index (χ1v) is 6.81. The lowest BCUT2D eigenvalue weighted by atomic mass is 9.77. The summed E-state index contributed by atoms with van der Waals surface area (Å²) in [6.07, 6.45) is 5.89. The normalized spacial score (nSPS) is 24.4. The van der Waals surface area contributed by atoms with Gasteiger partial charge in [-0.05, 0) is 32.2 Å². The third-order valence-electron chi connectivity index (χ3n) is 3.73. The zero-order chi connectivity index (χ0) is 12.7. The molecule has 0 aromatic heterocycles. The monoisotopic (exact) mass is 238 g/mol. The highest BCUT2D eigenvalue weighted by molar-refractivity contribution is 5.83. The van der Waals surface area contributed by atoms with E-state index < -0.39 is 0 Å². The number of hydrogen-bond acceptors (Lipinski definition) is 2. The Hall–Kier alpha value is -0.830. The van der Waals surface area contributed by atoms with E-state index in [9.17, 15) is 4.79 Å². The van der Waals surface area contributed by atoms with Gasteiger partial charge in [0, 0.05) is 19.6 Å². The molecular weight excluding hydrogens is 212 g/mol. The van der Waals surface area contributed by atoms with Crippen LogP contribution < -0.4 is 5.32 Å². The van der Waals surface area contributed by atoms with Crippen LogP contribution in [0.1, 0.15) is 39.5 Å². The van der Waals surface area contributed by atoms with Gasteiger partial charge >= 0.3 is 0 Å². The van der Waals surface area contributed by atoms with Crippen LogP contribution in [-0.4, -0.2) is 37.0 Å². The van der Waals surface area contributed by atoms with E-state index in [0.29, 0.717) is 12.5 Å². The molecule has 1 atom stereocenters. The topological polar surface area (TPSA) is 32.3 Å². The summed E-state index contributed by atoms with van der Waals surface area (Å²) in [5, 5.41) is 3.37. The molecule has 0 aliphatic carbocycles. The van der Waals surface area contributed by atoms with Crippen LogP contribution >= 0.6 is 0 Å². The van der Waals surface area contributed by atoms with Crippen LogP contribution in [0, 0.1) is 5.41 Å². The zero-order valence-corrected chi connectivity index (χ0v) is 11.3. The number of carbonyl (C=O) groups is 1. The third-order valence-corrected chi connectivity index (χ3v) is 3.73. The van der Waals surface area contributed by atoms with Crippen molar-refractivity contribution in [2.75, 3.05) is 26.2 Å². The van der Waals surface area contributed by atoms with Crippen molar-refractivity contribution >= 4 is 5.91 Å². The molecule has 1 saturated heterocycles. The van der Waals surface area contributed by atoms with Gasteiger partial charge in [-0.15, -0.1) is 6.58 Å². The maximum Gasteiger partial charge on any atom is 0.230 e. The van der Waals surface area contributed by atoms with Gasteiger partial charge in [-0.1, -0.05) is 19.9 Å². The van der Waals surface area contributed by atoms with E-state index in [4.69, 9.17) is 0 Å². The Morgan fingerprint density at radius 2 is 2.29 bits per heavy atom. The molecule has 17 heavy (non-hydrogen) atoms. The van der Waals surface area contributed by atoms with Gasteiger partial charge < -0.3 is 10.2 Å². The standard InChI is InChI=1S/C14H26N2O/c1-4-10-16(11-5-2)13(17)14(6-3)8-7-9-15-12-14/h4,15H,1,5-12H2,2-3H3. The van der Waals surface area contributed by atoms with Gasteiger partial charge in [0.2, 0.25) is 5.91 Å². The first-order valence-electron chi connectivity index (χ1n) is 6.81. The molecule has 0 aromatic carbocycles. The molecule has 98 valence electrons. The molecule has 1 N–H and O–H groups in total. The maximum atomic E-state index is 12.7. The van der Waals surface area contributed by atoms with E-state index in [1.165, 1.54) is 0 Å². The number of hydrogen-bond donors (Lipinski definition) is 1. The zero-order valence-electron chi connectivity index (χ0n) is 11.3. The molecule has 0 bridgehead atoms. The molecule has 3 heteroatoms. The third kappa shape index (κ3) is 3.32. The molecule has 1 unspecified atom stereocenters. The number of piperidine rings is 1. The Morgan fingerprint density at radius 1 is 1.53 bits per heavy atom. The summed E-state index contributed by atoms with van der Waals surface area (Å²) in [5.74, 6) is 0.314. The highest BCUT2D eigenvalue weighted by Gasteiger charge is 2.39. The Kier molecular flexibility index (Phi) is 5.69. The Morgan fingerprint density at radius 3 is 2.76 bits per heavy atom. The van der Waals surface area contributed by atoms with Crippen LogP contribution in [0.2, 0.25) is 0 Å². The average Bonchev–Trinajstić information content (AvgIpc) is 2.38. The molecule has 3 nitrogen and oxygen atoms in total. The molecular formula is C14H26N2O. The quantitative estimate of drug-likeness (QED) is 0.719. The van der Waals surface area contributed by atoms with Crippen LogP contribution in [0.3, 0.4) is 0 Å². The van der Waals surface area contributed by atoms with Gasteiger partial charge in [0.05, 0.1) is 5.41 Å². The van der Waals surface area contributed by atoms with Crippen LogP contribution in [0.4, 0.5) is 0 Å². The minimum Gasteiger partial charge on any atom is -0.338 e. The van der Waals surface area contributed by atoms with E-state index in [1.807, 2.05) is 11.0 Å². The average molecular weight is 238 g/mol. The van der Waals surface area contributed by atoms with Crippen molar-refractivity contribution in [3.63, 3.8) is 0 Å². The van der Waals surface area contributed by atoms with Crippen molar-refractivity contribution in [2.45, 2.75) is 39.5 Å². The van der Waals surface area contributed by atoms with Crippen molar-refractivity contribution in [2.24, 2.45) is 5.41 Å². The van der Waals surface area contributed by atoms with Crippen molar-refractivity contribution in [3.05, 3.63) is 12.7 Å². The van der Waals surface area contributed by atoms with Crippen molar-refractivity contribution in [1.82, 2.24) is 10.2 Å². The second-order valence-electron chi connectivity index (χ2n) is 4.95. The van der Waals surface area contributed by atoms with Gasteiger partial charge in [0.15, 0.2) is 0 Å². The molecule has 0 radical (unpaired) electrons. The van der Waals surface area contributed by atoms with Gasteiger partial charge in [-0.2, -0.15) is 0 Å². The van der Waals surface area contributed by atoms with Crippen LogP contribution in [0.15, 0.2) is 12.7 Å². The van der Waals surface area contributed by atoms with Crippen LogP contribution in [-0.2, 0) is 4.79 Å². The summed E-state index contributed by atoms with van der Waals surface area (Å²) in [7, 11) is 0. The fraction of sp³-hybridized carbons (Fsp3) is 0.786. The predicted octanol–water partition coefficient (Wildman–Crippen LogP) is 2.19. The summed E-state index contributed by atoms with van der Waals surface area (Å²) in [4.78, 5) is 14.6. The molecule has 0 saturated carbocycles. The molecule has 1 aliphatic heterocycles. The second kappa shape index (κ2) is 6.80. The van der Waals surface area contributed by atoms with Gasteiger partial charge in [0.1, 0.15) is 0 Å². The van der Waals surface area contributed by atoms with E-state index in [0.717, 1.165) is 45.3 Å². The van der Waals surface area contributed by atoms with E-state index >= 15 is 0 Å². The van der Waals surface area contributed by atoms with Gasteiger partial charge in [0.25, 0.3) is 0 Å². The summed E-state index contributed by atoms with van der Waals surface area (Å²) in [5.41, 5.74) is -0.170. The lowest BCUT2D eigenvalue weighted by Crippen LogP contribution is -2.51. The summed E-state index contributed by atoms with van der Waals surface area (Å²) in [6.45, 7) is 11.4. The minimum atomic E-state index is -0.170. The minimum absolute atomic E-state index is 0.170. The highest BCUT2D eigenvalue weighted by atomic mass is 16.2. The molecule has 1 amide bonds. The SMILES string of the molecule is C=CCN(CCC)C(=O)C1(CC)CCCNC1.